The van der Waals surface area contributed by atoms with Crippen LogP contribution in [0.1, 0.15) is 36.3 Å². The van der Waals surface area contributed by atoms with Crippen LogP contribution in [-0.4, -0.2) is 21.4 Å². The van der Waals surface area contributed by atoms with E-state index in [0.29, 0.717) is 23.1 Å². The van der Waals surface area contributed by atoms with E-state index >= 15 is 0 Å². The molecule has 3 aromatic rings. The maximum absolute atomic E-state index is 13.2. The van der Waals surface area contributed by atoms with Gasteiger partial charge in [0, 0.05) is 6.42 Å². The molecule has 0 unspecified atom stereocenters. The molecule has 1 aliphatic heterocycles. The van der Waals surface area contributed by atoms with Gasteiger partial charge in [0.15, 0.2) is 0 Å². The summed E-state index contributed by atoms with van der Waals surface area (Å²) in [6.07, 6.45) is 0.687. The van der Waals surface area contributed by atoms with Gasteiger partial charge in [-0.25, -0.2) is 4.98 Å². The Morgan fingerprint density at radius 1 is 1.07 bits per heavy atom. The zero-order valence-electron chi connectivity index (χ0n) is 15.2. The Morgan fingerprint density at radius 3 is 2.54 bits per heavy atom. The SMILES string of the molecule is NC(=O)CC[C@H]1C(=O)N[C@@H](Cc2ccccc2)c2nc3ccccc3c(=O)n21. The van der Waals surface area contributed by atoms with E-state index in [1.165, 1.54) is 4.57 Å². The third-order valence-corrected chi connectivity index (χ3v) is 5.02. The molecule has 0 spiro atoms. The van der Waals surface area contributed by atoms with Gasteiger partial charge in [-0.2, -0.15) is 0 Å². The highest BCUT2D eigenvalue weighted by Gasteiger charge is 2.35. The zero-order valence-corrected chi connectivity index (χ0v) is 15.2. The average molecular weight is 376 g/mol. The molecular weight excluding hydrogens is 356 g/mol. The summed E-state index contributed by atoms with van der Waals surface area (Å²) in [6, 6.07) is 15.5. The van der Waals surface area contributed by atoms with E-state index in [0.717, 1.165) is 5.56 Å². The van der Waals surface area contributed by atoms with Crippen molar-refractivity contribution in [1.29, 1.82) is 0 Å². The monoisotopic (exact) mass is 376 g/mol. The molecule has 1 aromatic heterocycles. The fourth-order valence-corrected chi connectivity index (χ4v) is 3.69. The van der Waals surface area contributed by atoms with Gasteiger partial charge in [0.2, 0.25) is 11.8 Å². The number of carbonyl (C=O) groups is 2. The minimum absolute atomic E-state index is 0.0140. The minimum atomic E-state index is -0.806. The molecule has 0 saturated heterocycles. The van der Waals surface area contributed by atoms with E-state index < -0.39 is 18.0 Å². The molecule has 142 valence electrons. The molecule has 3 N–H and O–H groups in total. The molecule has 0 saturated carbocycles. The van der Waals surface area contributed by atoms with E-state index in [2.05, 4.69) is 5.32 Å². The Kier molecular flexibility index (Phi) is 4.65. The van der Waals surface area contributed by atoms with Gasteiger partial charge in [-0.1, -0.05) is 42.5 Å². The van der Waals surface area contributed by atoms with Crippen LogP contribution in [0.5, 0.6) is 0 Å². The predicted molar refractivity (Wildman–Crippen MR) is 104 cm³/mol. The van der Waals surface area contributed by atoms with Gasteiger partial charge in [0.1, 0.15) is 11.9 Å². The Bertz CT molecular complexity index is 1110. The van der Waals surface area contributed by atoms with Crippen molar-refractivity contribution in [2.75, 3.05) is 0 Å². The number of benzene rings is 2. The number of rotatable bonds is 5. The van der Waals surface area contributed by atoms with Crippen LogP contribution in [0.4, 0.5) is 0 Å². The number of hydrogen-bond donors (Lipinski definition) is 2. The first kappa shape index (κ1) is 17.9. The number of fused-ring (bicyclic) bond motifs is 2. The standard InChI is InChI=1S/C21H20N4O3/c22-18(26)11-10-17-20(27)24-16(12-13-6-2-1-3-7-13)19-23-15-9-5-4-8-14(15)21(28)25(17)19/h1-9,16-17H,10-12H2,(H2,22,26)(H,24,27)/t16-,17-/m0/s1. The summed E-state index contributed by atoms with van der Waals surface area (Å²) in [5.74, 6) is -0.307. The first-order valence-electron chi connectivity index (χ1n) is 9.18. The number of nitrogens with one attached hydrogen (secondary N) is 1. The first-order chi connectivity index (χ1) is 13.5. The van der Waals surface area contributed by atoms with E-state index in [9.17, 15) is 14.4 Å². The van der Waals surface area contributed by atoms with Crippen molar-refractivity contribution in [3.63, 3.8) is 0 Å². The zero-order chi connectivity index (χ0) is 19.7. The van der Waals surface area contributed by atoms with Gasteiger partial charge >= 0.3 is 0 Å². The van der Waals surface area contributed by atoms with Gasteiger partial charge in [-0.15, -0.1) is 0 Å². The van der Waals surface area contributed by atoms with Crippen molar-refractivity contribution >= 4 is 22.7 Å². The largest absolute Gasteiger partial charge is 0.370 e. The van der Waals surface area contributed by atoms with Crippen LogP contribution < -0.4 is 16.6 Å². The molecule has 0 radical (unpaired) electrons. The van der Waals surface area contributed by atoms with Gasteiger partial charge in [0.05, 0.1) is 16.9 Å². The molecule has 2 aromatic carbocycles. The molecule has 0 fully saturated rings. The van der Waals surface area contributed by atoms with Crippen LogP contribution in [0.15, 0.2) is 59.4 Å². The third-order valence-electron chi connectivity index (χ3n) is 5.02. The van der Waals surface area contributed by atoms with Crippen molar-refractivity contribution in [3.05, 3.63) is 76.3 Å². The Labute approximate surface area is 161 Å². The van der Waals surface area contributed by atoms with E-state index in [4.69, 9.17) is 10.7 Å². The highest BCUT2D eigenvalue weighted by Crippen LogP contribution is 2.28. The van der Waals surface area contributed by atoms with Crippen LogP contribution in [0.3, 0.4) is 0 Å². The molecule has 7 nitrogen and oxygen atoms in total. The normalized spacial score (nSPS) is 18.5. The number of primary amides is 1. The molecule has 7 heteroatoms. The molecule has 4 rings (SSSR count). The quantitative estimate of drug-likeness (QED) is 0.705. The van der Waals surface area contributed by atoms with Crippen LogP contribution in [-0.2, 0) is 16.0 Å². The Balaban J connectivity index is 1.85. The van der Waals surface area contributed by atoms with Crippen molar-refractivity contribution in [2.24, 2.45) is 5.73 Å². The fraction of sp³-hybridized carbons (Fsp3) is 0.238. The van der Waals surface area contributed by atoms with Crippen molar-refractivity contribution in [1.82, 2.24) is 14.9 Å². The van der Waals surface area contributed by atoms with Gasteiger partial charge < -0.3 is 11.1 Å². The maximum Gasteiger partial charge on any atom is 0.262 e. The number of para-hydroxylation sites is 1. The van der Waals surface area contributed by atoms with E-state index in [-0.39, 0.29) is 24.3 Å². The summed E-state index contributed by atoms with van der Waals surface area (Å²) in [6.45, 7) is 0. The van der Waals surface area contributed by atoms with Crippen LogP contribution in [0, 0.1) is 0 Å². The predicted octanol–water partition coefficient (Wildman–Crippen LogP) is 1.62. The van der Waals surface area contributed by atoms with Crippen LogP contribution in [0.2, 0.25) is 0 Å². The molecule has 2 heterocycles. The van der Waals surface area contributed by atoms with Gasteiger partial charge in [-0.05, 0) is 30.5 Å². The summed E-state index contributed by atoms with van der Waals surface area (Å²) in [5.41, 5.74) is 6.59. The maximum atomic E-state index is 13.2. The number of amides is 2. The lowest BCUT2D eigenvalue weighted by Gasteiger charge is -2.33. The van der Waals surface area contributed by atoms with Gasteiger partial charge in [0.25, 0.3) is 5.56 Å². The number of nitrogens with two attached hydrogens (primary N) is 1. The number of nitrogens with zero attached hydrogens (tertiary/aromatic N) is 2. The summed E-state index contributed by atoms with van der Waals surface area (Å²) in [7, 11) is 0. The fourth-order valence-electron chi connectivity index (χ4n) is 3.69. The topological polar surface area (TPSA) is 107 Å². The lowest BCUT2D eigenvalue weighted by molar-refractivity contribution is -0.127. The molecule has 0 bridgehead atoms. The molecule has 2 amide bonds. The van der Waals surface area contributed by atoms with Gasteiger partial charge in [-0.3, -0.25) is 19.0 Å². The van der Waals surface area contributed by atoms with Crippen LogP contribution >= 0.6 is 0 Å². The molecule has 1 aliphatic rings. The summed E-state index contributed by atoms with van der Waals surface area (Å²) >= 11 is 0. The average Bonchev–Trinajstić information content (AvgIpc) is 2.69. The number of aromatic nitrogens is 2. The summed E-state index contributed by atoms with van der Waals surface area (Å²) in [5, 5.41) is 3.42. The first-order valence-corrected chi connectivity index (χ1v) is 9.18. The second-order valence-corrected chi connectivity index (χ2v) is 6.93. The second kappa shape index (κ2) is 7.26. The smallest absolute Gasteiger partial charge is 0.262 e. The highest BCUT2D eigenvalue weighted by molar-refractivity contribution is 5.84. The molecule has 0 aliphatic carbocycles. The molecular formula is C21H20N4O3. The molecule has 28 heavy (non-hydrogen) atoms. The molecule has 2 atom stereocenters. The highest BCUT2D eigenvalue weighted by atomic mass is 16.2. The van der Waals surface area contributed by atoms with Crippen molar-refractivity contribution in [2.45, 2.75) is 31.3 Å². The minimum Gasteiger partial charge on any atom is -0.370 e. The third kappa shape index (κ3) is 3.26. The summed E-state index contributed by atoms with van der Waals surface area (Å²) < 4.78 is 1.44. The van der Waals surface area contributed by atoms with Crippen LogP contribution in [0.25, 0.3) is 10.9 Å². The van der Waals surface area contributed by atoms with E-state index in [1.807, 2.05) is 36.4 Å². The Morgan fingerprint density at radius 2 is 1.79 bits per heavy atom. The van der Waals surface area contributed by atoms with E-state index in [1.54, 1.807) is 18.2 Å². The number of hydrogen-bond acceptors (Lipinski definition) is 4. The lowest BCUT2D eigenvalue weighted by Crippen LogP contribution is -2.48. The summed E-state index contributed by atoms with van der Waals surface area (Å²) in [4.78, 5) is 42.0. The van der Waals surface area contributed by atoms with Crippen molar-refractivity contribution in [3.8, 4) is 0 Å². The Hall–Kier alpha value is -3.48. The van der Waals surface area contributed by atoms with Crippen molar-refractivity contribution < 1.29 is 9.59 Å². The second-order valence-electron chi connectivity index (χ2n) is 6.93. The number of carbonyl (C=O) groups excluding carboxylic acids is 2. The lowest BCUT2D eigenvalue weighted by atomic mass is 9.99.